The minimum absolute atomic E-state index is 0. The summed E-state index contributed by atoms with van der Waals surface area (Å²) in [6.45, 7) is 2.04. The number of hydrogen-bond donors (Lipinski definition) is 1. The van der Waals surface area contributed by atoms with Gasteiger partial charge in [0.1, 0.15) is 5.75 Å². The van der Waals surface area contributed by atoms with Crippen LogP contribution >= 0.6 is 44.3 Å². The summed E-state index contributed by atoms with van der Waals surface area (Å²) in [7, 11) is 1.73. The van der Waals surface area contributed by atoms with Crippen LogP contribution in [-0.2, 0) is 6.42 Å². The van der Waals surface area contributed by atoms with Crippen LogP contribution < -0.4 is 15.4 Å². The number of benzene rings is 2. The maximum Gasteiger partial charge on any atom is 0.573 e. The van der Waals surface area contributed by atoms with Crippen molar-refractivity contribution in [2.24, 2.45) is 10.7 Å². The standard InChI is InChI=1S/C17H16Br2F3N3O.ClH/c1-3-10-5-4-6-12(7-10)25(2)16(23)24-13-8-11(18)9-14(15(13)19)26-17(20,21)22;/h4-9H,3H2,1-2H3,(H2,23,24);1H. The minimum atomic E-state index is -4.81. The Morgan fingerprint density at radius 2 is 1.89 bits per heavy atom. The summed E-state index contributed by atoms with van der Waals surface area (Å²) in [6.07, 6.45) is -3.94. The smallest absolute Gasteiger partial charge is 0.404 e. The highest BCUT2D eigenvalue weighted by molar-refractivity contribution is 9.11. The number of anilines is 1. The molecule has 2 N–H and O–H groups in total. The molecule has 4 nitrogen and oxygen atoms in total. The number of alkyl halides is 3. The van der Waals surface area contributed by atoms with Crippen LogP contribution in [0.4, 0.5) is 24.5 Å². The van der Waals surface area contributed by atoms with Crippen molar-refractivity contribution in [3.63, 3.8) is 0 Å². The Morgan fingerprint density at radius 1 is 1.22 bits per heavy atom. The van der Waals surface area contributed by atoms with Crippen LogP contribution in [0.3, 0.4) is 0 Å². The third-order valence-electron chi connectivity index (χ3n) is 3.50. The lowest BCUT2D eigenvalue weighted by atomic mass is 10.1. The van der Waals surface area contributed by atoms with Gasteiger partial charge in [-0.3, -0.25) is 0 Å². The van der Waals surface area contributed by atoms with E-state index in [0.717, 1.165) is 17.7 Å². The summed E-state index contributed by atoms with van der Waals surface area (Å²) < 4.78 is 42.1. The second kappa shape index (κ2) is 9.66. The second-order valence-electron chi connectivity index (χ2n) is 5.34. The first-order chi connectivity index (χ1) is 12.1. The zero-order chi connectivity index (χ0) is 19.5. The van der Waals surface area contributed by atoms with Gasteiger partial charge in [-0.25, -0.2) is 4.99 Å². The van der Waals surface area contributed by atoms with Crippen molar-refractivity contribution >= 4 is 61.6 Å². The molecule has 0 saturated carbocycles. The maximum absolute atomic E-state index is 12.5. The molecule has 0 unspecified atom stereocenters. The Labute approximate surface area is 178 Å². The first kappa shape index (κ1) is 23.6. The van der Waals surface area contributed by atoms with E-state index in [1.165, 1.54) is 12.1 Å². The van der Waals surface area contributed by atoms with Crippen molar-refractivity contribution in [2.75, 3.05) is 11.9 Å². The molecule has 0 atom stereocenters. The summed E-state index contributed by atoms with van der Waals surface area (Å²) in [5.74, 6) is -0.288. The van der Waals surface area contributed by atoms with Gasteiger partial charge in [-0.1, -0.05) is 35.0 Å². The Kier molecular flexibility index (Phi) is 8.44. The van der Waals surface area contributed by atoms with Gasteiger partial charge in [-0.15, -0.1) is 25.6 Å². The van der Waals surface area contributed by atoms with Crippen LogP contribution in [0.2, 0.25) is 0 Å². The lowest BCUT2D eigenvalue weighted by molar-refractivity contribution is -0.274. The zero-order valence-electron chi connectivity index (χ0n) is 14.3. The Bertz CT molecular complexity index is 832. The third-order valence-corrected chi connectivity index (χ3v) is 4.75. The molecule has 0 radical (unpaired) electrons. The number of ether oxygens (including phenoxy) is 1. The lowest BCUT2D eigenvalue weighted by Crippen LogP contribution is -2.33. The molecule has 0 aromatic heterocycles. The van der Waals surface area contributed by atoms with Crippen LogP contribution in [0.5, 0.6) is 5.75 Å². The van der Waals surface area contributed by atoms with E-state index < -0.39 is 12.1 Å². The normalized spacial score (nSPS) is 11.7. The van der Waals surface area contributed by atoms with Gasteiger partial charge in [0, 0.05) is 17.2 Å². The molecule has 2 rings (SSSR count). The number of nitrogens with two attached hydrogens (primary N) is 1. The quantitative estimate of drug-likeness (QED) is 0.379. The highest BCUT2D eigenvalue weighted by Gasteiger charge is 2.32. The largest absolute Gasteiger partial charge is 0.573 e. The molecule has 0 saturated heterocycles. The SMILES string of the molecule is CCc1cccc(N(C)C(N)=Nc2cc(Br)cc(OC(F)(F)F)c2Br)c1.Cl. The number of guanidine groups is 1. The average Bonchev–Trinajstić information content (AvgIpc) is 2.57. The average molecular weight is 532 g/mol. The van der Waals surface area contributed by atoms with Gasteiger partial charge in [0.15, 0.2) is 0 Å². The van der Waals surface area contributed by atoms with Crippen LogP contribution in [-0.4, -0.2) is 19.4 Å². The summed E-state index contributed by atoms with van der Waals surface area (Å²) in [5.41, 5.74) is 8.20. The van der Waals surface area contributed by atoms with E-state index in [9.17, 15) is 13.2 Å². The molecule has 27 heavy (non-hydrogen) atoms. The molecule has 2 aromatic carbocycles. The monoisotopic (exact) mass is 529 g/mol. The molecule has 0 aliphatic carbocycles. The molecule has 0 amide bonds. The van der Waals surface area contributed by atoms with Crippen molar-refractivity contribution in [3.8, 4) is 5.75 Å². The van der Waals surface area contributed by atoms with E-state index in [1.807, 2.05) is 31.2 Å². The van der Waals surface area contributed by atoms with Gasteiger partial charge in [-0.05, 0) is 52.2 Å². The molecule has 0 bridgehead atoms. The van der Waals surface area contributed by atoms with Gasteiger partial charge >= 0.3 is 6.36 Å². The number of rotatable bonds is 4. The number of aryl methyl sites for hydroxylation is 1. The van der Waals surface area contributed by atoms with Gasteiger partial charge in [0.2, 0.25) is 5.96 Å². The number of nitrogens with zero attached hydrogens (tertiary/aromatic N) is 2. The molecule has 0 heterocycles. The number of aliphatic imine (C=N–C) groups is 1. The van der Waals surface area contributed by atoms with Crippen LogP contribution in [0.25, 0.3) is 0 Å². The molecule has 0 aliphatic heterocycles. The van der Waals surface area contributed by atoms with Crippen molar-refractivity contribution < 1.29 is 17.9 Å². The number of hydrogen-bond acceptors (Lipinski definition) is 2. The molecule has 148 valence electrons. The van der Waals surface area contributed by atoms with Gasteiger partial charge < -0.3 is 15.4 Å². The maximum atomic E-state index is 12.5. The Morgan fingerprint density at radius 3 is 2.48 bits per heavy atom. The summed E-state index contributed by atoms with van der Waals surface area (Å²) >= 11 is 6.25. The Hall–Kier alpha value is -1.45. The zero-order valence-corrected chi connectivity index (χ0v) is 18.3. The topological polar surface area (TPSA) is 50.8 Å². The summed E-state index contributed by atoms with van der Waals surface area (Å²) in [4.78, 5) is 5.89. The summed E-state index contributed by atoms with van der Waals surface area (Å²) in [5, 5.41) is 0. The van der Waals surface area contributed by atoms with Gasteiger partial charge in [-0.2, -0.15) is 0 Å². The summed E-state index contributed by atoms with van der Waals surface area (Å²) in [6, 6.07) is 10.5. The first-order valence-electron chi connectivity index (χ1n) is 7.52. The van der Waals surface area contributed by atoms with Crippen LogP contribution in [0.1, 0.15) is 12.5 Å². The van der Waals surface area contributed by atoms with E-state index in [0.29, 0.717) is 4.47 Å². The van der Waals surface area contributed by atoms with Crippen molar-refractivity contribution in [1.82, 2.24) is 0 Å². The molecule has 0 spiro atoms. The van der Waals surface area contributed by atoms with Gasteiger partial charge in [0.25, 0.3) is 0 Å². The predicted molar refractivity (Wildman–Crippen MR) is 111 cm³/mol. The van der Waals surface area contributed by atoms with Crippen LogP contribution in [0, 0.1) is 0 Å². The molecule has 0 aliphatic rings. The fourth-order valence-corrected chi connectivity index (χ4v) is 2.97. The second-order valence-corrected chi connectivity index (χ2v) is 7.05. The third kappa shape index (κ3) is 6.58. The van der Waals surface area contributed by atoms with Crippen molar-refractivity contribution in [3.05, 3.63) is 50.9 Å². The highest BCUT2D eigenvalue weighted by atomic mass is 79.9. The molecule has 10 heteroatoms. The van der Waals surface area contributed by atoms with Crippen LogP contribution in [0.15, 0.2) is 50.3 Å². The van der Waals surface area contributed by atoms with Crippen molar-refractivity contribution in [1.29, 1.82) is 0 Å². The Balaban J connectivity index is 0.00000364. The molecular weight excluding hydrogens is 514 g/mol. The first-order valence-corrected chi connectivity index (χ1v) is 9.11. The predicted octanol–water partition coefficient (Wildman–Crippen LogP) is 6.18. The van der Waals surface area contributed by atoms with Crippen molar-refractivity contribution in [2.45, 2.75) is 19.7 Å². The van der Waals surface area contributed by atoms with E-state index >= 15 is 0 Å². The van der Waals surface area contributed by atoms with E-state index in [4.69, 9.17) is 5.73 Å². The fraction of sp³-hybridized carbons (Fsp3) is 0.235. The highest BCUT2D eigenvalue weighted by Crippen LogP contribution is 2.40. The molecule has 0 fully saturated rings. The fourth-order valence-electron chi connectivity index (χ4n) is 2.15. The lowest BCUT2D eigenvalue weighted by Gasteiger charge is -2.19. The van der Waals surface area contributed by atoms with E-state index in [-0.39, 0.29) is 28.5 Å². The molecule has 2 aromatic rings. The van der Waals surface area contributed by atoms with E-state index in [2.05, 4.69) is 41.6 Å². The minimum Gasteiger partial charge on any atom is -0.404 e. The molecular formula is C17H17Br2ClF3N3O. The van der Waals surface area contributed by atoms with E-state index in [1.54, 1.807) is 11.9 Å². The number of halogens is 6. The van der Waals surface area contributed by atoms with Gasteiger partial charge in [0.05, 0.1) is 10.2 Å².